The van der Waals surface area contributed by atoms with E-state index in [1.54, 1.807) is 17.0 Å². The number of morpholine rings is 1. The fourth-order valence-electron chi connectivity index (χ4n) is 2.87. The van der Waals surface area contributed by atoms with Crippen LogP contribution in [0.1, 0.15) is 10.4 Å². The van der Waals surface area contributed by atoms with Crippen LogP contribution >= 0.6 is 11.6 Å². The van der Waals surface area contributed by atoms with Crippen LogP contribution in [0.2, 0.25) is 0 Å². The molecule has 2 unspecified atom stereocenters. The Morgan fingerprint density at radius 3 is 2.88 bits per heavy atom. The number of nitrogens with zero attached hydrogens (tertiary/aromatic N) is 1. The standard InChI is InChI=1S/C16H16ClN3O5/c17-10-11(14(22)19-15-13(10)25-15)18-9-3-1-2-8(12(9)21)16(23)20-4-6-24-7-5-20/h1-3,13,15,18,21H,4-7H2,(H,19,22). The van der Waals surface area contributed by atoms with E-state index in [2.05, 4.69) is 10.6 Å². The van der Waals surface area contributed by atoms with Gasteiger partial charge in [0.25, 0.3) is 11.8 Å². The van der Waals surface area contributed by atoms with Crippen LogP contribution in [0.5, 0.6) is 5.75 Å². The predicted octanol–water partition coefficient (Wildman–Crippen LogP) is 0.582. The average Bonchev–Trinajstić information content (AvgIpc) is 3.39. The molecule has 1 aromatic carbocycles. The highest BCUT2D eigenvalue weighted by atomic mass is 35.5. The van der Waals surface area contributed by atoms with Crippen molar-refractivity contribution in [2.24, 2.45) is 0 Å². The van der Waals surface area contributed by atoms with Crippen LogP contribution in [-0.4, -0.2) is 60.5 Å². The van der Waals surface area contributed by atoms with Gasteiger partial charge in [-0.25, -0.2) is 0 Å². The Bertz CT molecular complexity index is 775. The van der Waals surface area contributed by atoms with E-state index in [9.17, 15) is 14.7 Å². The summed E-state index contributed by atoms with van der Waals surface area (Å²) < 4.78 is 10.4. The number of rotatable bonds is 3. The van der Waals surface area contributed by atoms with Crippen LogP contribution in [0.25, 0.3) is 0 Å². The van der Waals surface area contributed by atoms with Crippen molar-refractivity contribution in [1.82, 2.24) is 10.2 Å². The van der Waals surface area contributed by atoms with Crippen molar-refractivity contribution in [2.75, 3.05) is 31.6 Å². The minimum Gasteiger partial charge on any atom is -0.505 e. The number of fused-ring (bicyclic) bond motifs is 1. The minimum atomic E-state index is -0.423. The van der Waals surface area contributed by atoms with Crippen LogP contribution in [-0.2, 0) is 14.3 Å². The van der Waals surface area contributed by atoms with Gasteiger partial charge < -0.3 is 30.1 Å². The lowest BCUT2D eigenvalue weighted by Crippen LogP contribution is -2.40. The molecule has 2 saturated heterocycles. The second-order valence-corrected chi connectivity index (χ2v) is 6.31. The van der Waals surface area contributed by atoms with Gasteiger partial charge in [0.1, 0.15) is 11.8 Å². The number of para-hydroxylation sites is 1. The zero-order valence-corrected chi connectivity index (χ0v) is 13.9. The second kappa shape index (κ2) is 6.21. The number of ether oxygens (including phenoxy) is 2. The van der Waals surface area contributed by atoms with Crippen LogP contribution in [0.3, 0.4) is 0 Å². The maximum Gasteiger partial charge on any atom is 0.271 e. The smallest absolute Gasteiger partial charge is 0.271 e. The average molecular weight is 366 g/mol. The lowest BCUT2D eigenvalue weighted by molar-refractivity contribution is -0.118. The number of anilines is 1. The first kappa shape index (κ1) is 16.2. The number of benzene rings is 1. The molecule has 2 atom stereocenters. The Kier molecular flexibility index (Phi) is 4.03. The number of carbonyl (C=O) groups excluding carboxylic acids is 2. The van der Waals surface area contributed by atoms with Crippen molar-refractivity contribution in [3.63, 3.8) is 0 Å². The summed E-state index contributed by atoms with van der Waals surface area (Å²) in [6.45, 7) is 1.87. The summed E-state index contributed by atoms with van der Waals surface area (Å²) in [4.78, 5) is 26.3. The van der Waals surface area contributed by atoms with Gasteiger partial charge in [-0.3, -0.25) is 9.59 Å². The third kappa shape index (κ3) is 2.92. The maximum atomic E-state index is 12.6. The molecule has 25 heavy (non-hydrogen) atoms. The van der Waals surface area contributed by atoms with Gasteiger partial charge in [-0.05, 0) is 12.1 Å². The Hall–Kier alpha value is -2.29. The van der Waals surface area contributed by atoms with E-state index < -0.39 is 5.91 Å². The van der Waals surface area contributed by atoms with E-state index in [0.29, 0.717) is 26.3 Å². The summed E-state index contributed by atoms with van der Waals surface area (Å²) in [7, 11) is 0. The molecule has 3 aliphatic rings. The monoisotopic (exact) mass is 365 g/mol. The number of nitrogens with one attached hydrogen (secondary N) is 2. The summed E-state index contributed by atoms with van der Waals surface area (Å²) in [6, 6.07) is 4.73. The third-order valence-corrected chi connectivity index (χ3v) is 4.71. The molecule has 0 bridgehead atoms. The van der Waals surface area contributed by atoms with Gasteiger partial charge in [0.15, 0.2) is 12.0 Å². The Labute approximate surface area is 148 Å². The van der Waals surface area contributed by atoms with E-state index in [1.807, 2.05) is 0 Å². The maximum absolute atomic E-state index is 12.6. The highest BCUT2D eigenvalue weighted by molar-refractivity contribution is 6.33. The summed E-state index contributed by atoms with van der Waals surface area (Å²) in [5.41, 5.74) is 0.480. The third-order valence-electron chi connectivity index (χ3n) is 4.31. The summed E-state index contributed by atoms with van der Waals surface area (Å²) in [5.74, 6) is -0.945. The number of aromatic hydroxyl groups is 1. The molecule has 3 heterocycles. The molecule has 0 spiro atoms. The highest BCUT2D eigenvalue weighted by Gasteiger charge is 2.49. The zero-order chi connectivity index (χ0) is 17.6. The van der Waals surface area contributed by atoms with E-state index in [-0.39, 0.29) is 46.0 Å². The molecule has 0 aromatic heterocycles. The molecule has 0 saturated carbocycles. The molecule has 132 valence electrons. The van der Waals surface area contributed by atoms with Crippen molar-refractivity contribution in [3.05, 3.63) is 34.5 Å². The van der Waals surface area contributed by atoms with E-state index in [0.717, 1.165) is 0 Å². The number of carbonyl (C=O) groups is 2. The van der Waals surface area contributed by atoms with Gasteiger partial charge in [-0.2, -0.15) is 0 Å². The molecule has 0 radical (unpaired) electrons. The van der Waals surface area contributed by atoms with Gasteiger partial charge in [-0.1, -0.05) is 17.7 Å². The van der Waals surface area contributed by atoms with Gasteiger partial charge >= 0.3 is 0 Å². The van der Waals surface area contributed by atoms with E-state index in [1.165, 1.54) is 6.07 Å². The fourth-order valence-corrected chi connectivity index (χ4v) is 3.17. The molecule has 0 aliphatic carbocycles. The number of halogens is 1. The Morgan fingerprint density at radius 1 is 1.36 bits per heavy atom. The summed E-state index contributed by atoms with van der Waals surface area (Å²) in [6.07, 6.45) is -0.740. The Morgan fingerprint density at radius 2 is 2.12 bits per heavy atom. The quantitative estimate of drug-likeness (QED) is 0.535. The number of epoxide rings is 1. The normalized spacial score (nSPS) is 25.3. The van der Waals surface area contributed by atoms with Gasteiger partial charge in [0.2, 0.25) is 0 Å². The van der Waals surface area contributed by atoms with Gasteiger partial charge in [0, 0.05) is 13.1 Å². The fraction of sp³-hybridized carbons (Fsp3) is 0.375. The summed E-state index contributed by atoms with van der Waals surface area (Å²) >= 11 is 6.16. The first-order valence-electron chi connectivity index (χ1n) is 7.88. The number of phenols is 1. The lowest BCUT2D eigenvalue weighted by atomic mass is 10.1. The molecule has 3 N–H and O–H groups in total. The lowest BCUT2D eigenvalue weighted by Gasteiger charge is -2.27. The second-order valence-electron chi connectivity index (χ2n) is 5.90. The molecular formula is C16H16ClN3O5. The zero-order valence-electron chi connectivity index (χ0n) is 13.1. The number of hydrogen-bond acceptors (Lipinski definition) is 6. The molecule has 2 amide bonds. The number of phenolic OH excluding ortho intramolecular Hbond substituents is 1. The van der Waals surface area contributed by atoms with E-state index in [4.69, 9.17) is 21.1 Å². The highest BCUT2D eigenvalue weighted by Crippen LogP contribution is 2.37. The first-order valence-corrected chi connectivity index (χ1v) is 8.26. The summed E-state index contributed by atoms with van der Waals surface area (Å²) in [5, 5.41) is 16.2. The van der Waals surface area contributed by atoms with Crippen LogP contribution in [0.4, 0.5) is 5.69 Å². The van der Waals surface area contributed by atoms with Crippen LogP contribution in [0, 0.1) is 0 Å². The van der Waals surface area contributed by atoms with Crippen molar-refractivity contribution in [1.29, 1.82) is 0 Å². The van der Waals surface area contributed by atoms with Crippen molar-refractivity contribution in [2.45, 2.75) is 12.3 Å². The molecular weight excluding hydrogens is 350 g/mol. The largest absolute Gasteiger partial charge is 0.505 e. The Balaban J connectivity index is 1.60. The van der Waals surface area contributed by atoms with Crippen LogP contribution < -0.4 is 10.6 Å². The predicted molar refractivity (Wildman–Crippen MR) is 88.1 cm³/mol. The molecule has 3 aliphatic heterocycles. The molecule has 4 rings (SSSR count). The molecule has 8 nitrogen and oxygen atoms in total. The van der Waals surface area contributed by atoms with Gasteiger partial charge in [-0.15, -0.1) is 0 Å². The first-order chi connectivity index (χ1) is 12.1. The van der Waals surface area contributed by atoms with Gasteiger partial charge in [0.05, 0.1) is 29.5 Å². The molecule has 1 aromatic rings. The molecule has 9 heteroatoms. The SMILES string of the molecule is O=C1NC2OC2C(Cl)=C1Nc1cccc(C(=O)N2CCOCC2)c1O. The van der Waals surface area contributed by atoms with Crippen molar-refractivity contribution >= 4 is 29.1 Å². The minimum absolute atomic E-state index is 0.103. The van der Waals surface area contributed by atoms with Crippen LogP contribution in [0.15, 0.2) is 28.9 Å². The van der Waals surface area contributed by atoms with Crippen molar-refractivity contribution < 1.29 is 24.2 Å². The molecule has 2 fully saturated rings. The number of hydrogen-bond donors (Lipinski definition) is 3. The number of amides is 2. The topological polar surface area (TPSA) is 103 Å². The van der Waals surface area contributed by atoms with Crippen molar-refractivity contribution in [3.8, 4) is 5.75 Å². The van der Waals surface area contributed by atoms with E-state index >= 15 is 0 Å².